The van der Waals surface area contributed by atoms with Crippen molar-refractivity contribution < 1.29 is 9.53 Å². The van der Waals surface area contributed by atoms with Crippen LogP contribution in [-0.4, -0.2) is 11.6 Å². The molecular weight excluding hydrogens is 468 g/mol. The second-order valence-corrected chi connectivity index (χ2v) is 14.8. The number of carbonyl (C=O) groups is 1. The molecule has 1 unspecified atom stereocenters. The van der Waals surface area contributed by atoms with Crippen LogP contribution in [0.15, 0.2) is 18.2 Å². The minimum absolute atomic E-state index is 0.0536. The van der Waals surface area contributed by atoms with Crippen molar-refractivity contribution in [2.75, 3.05) is 11.5 Å². The molecule has 4 aliphatic rings. The molecule has 212 valence electrons. The lowest BCUT2D eigenvalue weighted by Gasteiger charge is -2.64. The lowest BCUT2D eigenvalue weighted by molar-refractivity contribution is -0.206. The zero-order valence-corrected chi connectivity index (χ0v) is 24.9. The zero-order chi connectivity index (χ0) is 27.3. The highest BCUT2D eigenvalue weighted by Crippen LogP contribution is 2.70. The third-order valence-corrected chi connectivity index (χ3v) is 12.4. The number of esters is 1. The number of carbonyl (C=O) groups excluding carboxylic acids is 1. The Balaban J connectivity index is 1.35. The van der Waals surface area contributed by atoms with E-state index in [9.17, 15) is 4.79 Å². The smallest absolute Gasteiger partial charge is 0.338 e. The molecule has 4 aliphatic carbocycles. The number of ether oxygens (including phenoxy) is 1. The summed E-state index contributed by atoms with van der Waals surface area (Å²) in [5.74, 6) is 4.54. The molecule has 1 aromatic rings. The standard InChI is InChI=1S/C34H54N2O2/c1-22(2)9-8-10-23(3)28-11-12-29-27-13-18-34(38-31(37)24-19-25(35)21-26(36)20-24)16-7-6-15-33(34,5)30(27)14-17-32(28,29)4/h19-23,27-30H,6-18,35-36H2,1-5H3/t23-,27+,28-,29+,30+,32-,33-,34?/m1/s1. The number of fused-ring (bicyclic) bond motifs is 5. The van der Waals surface area contributed by atoms with Gasteiger partial charge in [-0.2, -0.15) is 0 Å². The SMILES string of the molecule is CC(C)CCC[C@@H](C)[C@H]1CC[C@H]2[C@@H]3CCC4(OC(=O)c5cc(N)cc(N)c5)CCCC[C@]4(C)[C@H]3CC[C@]12C. The zero-order valence-electron chi connectivity index (χ0n) is 24.9. The van der Waals surface area contributed by atoms with E-state index in [1.54, 1.807) is 18.2 Å². The van der Waals surface area contributed by atoms with Crippen molar-refractivity contribution in [1.29, 1.82) is 0 Å². The van der Waals surface area contributed by atoms with E-state index in [2.05, 4.69) is 34.6 Å². The fraction of sp³-hybridized carbons (Fsp3) is 0.794. The Morgan fingerprint density at radius 2 is 1.61 bits per heavy atom. The molecule has 0 spiro atoms. The molecule has 0 heterocycles. The highest BCUT2D eigenvalue weighted by molar-refractivity contribution is 5.92. The summed E-state index contributed by atoms with van der Waals surface area (Å²) in [6.45, 7) is 12.4. The summed E-state index contributed by atoms with van der Waals surface area (Å²) in [4.78, 5) is 13.5. The first-order valence-corrected chi connectivity index (χ1v) is 15.9. The van der Waals surface area contributed by atoms with Gasteiger partial charge in [-0.15, -0.1) is 0 Å². The predicted octanol–water partition coefficient (Wildman–Crippen LogP) is 8.64. The summed E-state index contributed by atoms with van der Waals surface area (Å²) in [5, 5.41) is 0. The molecule has 4 saturated carbocycles. The lowest BCUT2D eigenvalue weighted by atomic mass is 9.43. The summed E-state index contributed by atoms with van der Waals surface area (Å²) in [7, 11) is 0. The van der Waals surface area contributed by atoms with Gasteiger partial charge in [0.05, 0.1) is 5.56 Å². The van der Waals surface area contributed by atoms with Gasteiger partial charge in [0.25, 0.3) is 0 Å². The molecule has 0 aliphatic heterocycles. The van der Waals surface area contributed by atoms with Crippen molar-refractivity contribution in [1.82, 2.24) is 0 Å². The first-order valence-electron chi connectivity index (χ1n) is 15.9. The van der Waals surface area contributed by atoms with Crippen LogP contribution >= 0.6 is 0 Å². The number of hydrogen-bond acceptors (Lipinski definition) is 4. The van der Waals surface area contributed by atoms with Crippen molar-refractivity contribution >= 4 is 17.3 Å². The molecule has 0 amide bonds. The largest absolute Gasteiger partial charge is 0.455 e. The highest BCUT2D eigenvalue weighted by Gasteiger charge is 2.65. The van der Waals surface area contributed by atoms with E-state index < -0.39 is 0 Å². The van der Waals surface area contributed by atoms with Crippen molar-refractivity contribution in [2.45, 2.75) is 124 Å². The minimum atomic E-state index is -0.362. The van der Waals surface area contributed by atoms with Gasteiger partial charge in [-0.25, -0.2) is 4.79 Å². The molecule has 0 saturated heterocycles. The van der Waals surface area contributed by atoms with E-state index >= 15 is 0 Å². The van der Waals surface area contributed by atoms with E-state index in [0.29, 0.717) is 28.3 Å². The average molecular weight is 523 g/mol. The number of benzene rings is 1. The molecule has 38 heavy (non-hydrogen) atoms. The number of anilines is 2. The average Bonchev–Trinajstić information content (AvgIpc) is 3.20. The maximum Gasteiger partial charge on any atom is 0.338 e. The molecule has 1 aromatic carbocycles. The number of rotatable bonds is 7. The van der Waals surface area contributed by atoms with Gasteiger partial charge < -0.3 is 16.2 Å². The predicted molar refractivity (Wildman–Crippen MR) is 158 cm³/mol. The van der Waals surface area contributed by atoms with Gasteiger partial charge in [-0.3, -0.25) is 0 Å². The van der Waals surface area contributed by atoms with Crippen LogP contribution in [0.1, 0.15) is 128 Å². The van der Waals surface area contributed by atoms with Crippen molar-refractivity contribution in [3.63, 3.8) is 0 Å². The van der Waals surface area contributed by atoms with Crippen molar-refractivity contribution in [3.8, 4) is 0 Å². The van der Waals surface area contributed by atoms with Crippen LogP contribution < -0.4 is 11.5 Å². The second kappa shape index (κ2) is 10.4. The normalized spacial score (nSPS) is 39.2. The van der Waals surface area contributed by atoms with Gasteiger partial charge >= 0.3 is 5.97 Å². The van der Waals surface area contributed by atoms with Crippen LogP contribution in [0.3, 0.4) is 0 Å². The Bertz CT molecular complexity index is 1000. The summed E-state index contributed by atoms with van der Waals surface area (Å²) < 4.78 is 6.64. The van der Waals surface area contributed by atoms with Gasteiger partial charge in [-0.1, -0.05) is 60.3 Å². The molecule has 0 bridgehead atoms. The van der Waals surface area contributed by atoms with Gasteiger partial charge in [0, 0.05) is 16.8 Å². The van der Waals surface area contributed by atoms with Crippen molar-refractivity contribution in [2.24, 2.45) is 46.3 Å². The highest BCUT2D eigenvalue weighted by atomic mass is 16.6. The third kappa shape index (κ3) is 4.66. The Hall–Kier alpha value is -1.71. The van der Waals surface area contributed by atoms with E-state index in [1.807, 2.05) is 0 Å². The Kier molecular flexibility index (Phi) is 7.59. The summed E-state index contributed by atoms with van der Waals surface area (Å²) in [5.41, 5.74) is 13.7. The van der Waals surface area contributed by atoms with Gasteiger partial charge in [0.2, 0.25) is 0 Å². The Morgan fingerprint density at radius 3 is 2.32 bits per heavy atom. The number of hydrogen-bond donors (Lipinski definition) is 2. The van der Waals surface area contributed by atoms with Crippen LogP contribution in [0.25, 0.3) is 0 Å². The summed E-state index contributed by atoms with van der Waals surface area (Å²) in [6, 6.07) is 5.13. The lowest BCUT2D eigenvalue weighted by Crippen LogP contribution is -2.62. The van der Waals surface area contributed by atoms with Crippen LogP contribution in [0, 0.1) is 46.3 Å². The maximum atomic E-state index is 13.5. The second-order valence-electron chi connectivity index (χ2n) is 14.8. The molecule has 4 fully saturated rings. The summed E-state index contributed by atoms with van der Waals surface area (Å²) in [6.07, 6.45) is 16.4. The molecule has 0 radical (unpaired) electrons. The Morgan fingerprint density at radius 1 is 0.895 bits per heavy atom. The topological polar surface area (TPSA) is 78.3 Å². The van der Waals surface area contributed by atoms with Crippen LogP contribution in [-0.2, 0) is 4.74 Å². The minimum Gasteiger partial charge on any atom is -0.455 e. The molecule has 4 nitrogen and oxygen atoms in total. The van der Waals surface area contributed by atoms with Gasteiger partial charge in [-0.05, 0) is 117 Å². The van der Waals surface area contributed by atoms with Crippen LogP contribution in [0.5, 0.6) is 0 Å². The fourth-order valence-corrected chi connectivity index (χ4v) is 10.5. The first kappa shape index (κ1) is 27.8. The number of nitrogen functional groups attached to an aromatic ring is 2. The molecule has 0 aromatic heterocycles. The van der Waals surface area contributed by atoms with Crippen LogP contribution in [0.4, 0.5) is 11.4 Å². The van der Waals surface area contributed by atoms with Gasteiger partial charge in [0.1, 0.15) is 5.60 Å². The van der Waals surface area contributed by atoms with E-state index in [1.165, 1.54) is 64.2 Å². The van der Waals surface area contributed by atoms with Crippen LogP contribution in [0.2, 0.25) is 0 Å². The molecule has 4 N–H and O–H groups in total. The summed E-state index contributed by atoms with van der Waals surface area (Å²) >= 11 is 0. The van der Waals surface area contributed by atoms with E-state index in [-0.39, 0.29) is 17.0 Å². The van der Waals surface area contributed by atoms with E-state index in [4.69, 9.17) is 16.2 Å². The van der Waals surface area contributed by atoms with Crippen molar-refractivity contribution in [3.05, 3.63) is 23.8 Å². The molecular formula is C34H54N2O2. The van der Waals surface area contributed by atoms with Gasteiger partial charge in [0.15, 0.2) is 0 Å². The van der Waals surface area contributed by atoms with E-state index in [0.717, 1.165) is 48.9 Å². The molecule has 4 heteroatoms. The first-order chi connectivity index (χ1) is 18.0. The number of nitrogens with two attached hydrogens (primary N) is 2. The molecule has 5 rings (SSSR count). The monoisotopic (exact) mass is 522 g/mol. The quantitative estimate of drug-likeness (QED) is 0.277. The third-order valence-electron chi connectivity index (χ3n) is 12.4. The fourth-order valence-electron chi connectivity index (χ4n) is 10.5. The maximum absolute atomic E-state index is 13.5. The molecule has 8 atom stereocenters. The Labute approximate surface area is 232 Å².